The van der Waals surface area contributed by atoms with Gasteiger partial charge in [-0.1, -0.05) is 6.92 Å². The van der Waals surface area contributed by atoms with Crippen LogP contribution in [0.5, 0.6) is 0 Å². The van der Waals surface area contributed by atoms with E-state index in [4.69, 9.17) is 9.47 Å². The van der Waals surface area contributed by atoms with Crippen LogP contribution in [0.2, 0.25) is 0 Å². The third kappa shape index (κ3) is 4.83. The zero-order valence-electron chi connectivity index (χ0n) is 16.6. The van der Waals surface area contributed by atoms with Gasteiger partial charge in [-0.15, -0.1) is 0 Å². The number of hydrogen-bond acceptors (Lipinski definition) is 7. The van der Waals surface area contributed by atoms with E-state index in [2.05, 4.69) is 25.5 Å². The van der Waals surface area contributed by atoms with Crippen LogP contribution in [0.15, 0.2) is 42.9 Å². The van der Waals surface area contributed by atoms with Crippen molar-refractivity contribution < 1.29 is 14.3 Å². The van der Waals surface area contributed by atoms with Crippen LogP contribution in [0.3, 0.4) is 0 Å². The summed E-state index contributed by atoms with van der Waals surface area (Å²) in [6, 6.07) is 7.69. The Kier molecular flexibility index (Phi) is 6.21. The maximum absolute atomic E-state index is 12.0. The fraction of sp³-hybridized carbons (Fsp3) is 0.476. The van der Waals surface area contributed by atoms with Gasteiger partial charge in [-0.05, 0) is 30.7 Å². The molecule has 4 rings (SSSR count). The van der Waals surface area contributed by atoms with Crippen molar-refractivity contribution in [3.8, 4) is 0 Å². The Bertz CT molecular complexity index is 786. The molecule has 2 saturated heterocycles. The molecule has 1 amide bonds. The first-order chi connectivity index (χ1) is 14.2. The average molecular weight is 397 g/mol. The molecule has 8 nitrogen and oxygen atoms in total. The lowest BCUT2D eigenvalue weighted by Crippen LogP contribution is -2.31. The molecule has 2 N–H and O–H groups in total. The van der Waals surface area contributed by atoms with E-state index in [0.29, 0.717) is 25.3 Å². The van der Waals surface area contributed by atoms with Gasteiger partial charge in [0, 0.05) is 38.2 Å². The number of carbonyl (C=O) groups excluding carboxylic acids is 1. The highest BCUT2D eigenvalue weighted by molar-refractivity contribution is 5.94. The summed E-state index contributed by atoms with van der Waals surface area (Å²) in [6.07, 6.45) is 6.10. The van der Waals surface area contributed by atoms with Gasteiger partial charge in [0.05, 0.1) is 30.5 Å². The Morgan fingerprint density at radius 1 is 1.17 bits per heavy atom. The number of amides is 1. The third-order valence-corrected chi connectivity index (χ3v) is 5.14. The van der Waals surface area contributed by atoms with E-state index < -0.39 is 0 Å². The number of rotatable bonds is 6. The highest BCUT2D eigenvalue weighted by atomic mass is 16.6. The maximum Gasteiger partial charge on any atom is 0.252 e. The fourth-order valence-corrected chi connectivity index (χ4v) is 3.59. The monoisotopic (exact) mass is 397 g/mol. The first-order valence-corrected chi connectivity index (χ1v) is 10.1. The Morgan fingerprint density at radius 3 is 2.59 bits per heavy atom. The van der Waals surface area contributed by atoms with Crippen molar-refractivity contribution in [3.63, 3.8) is 0 Å². The molecule has 0 aromatic carbocycles. The van der Waals surface area contributed by atoms with Gasteiger partial charge in [0.1, 0.15) is 18.0 Å². The number of nitrogens with zero attached hydrogens (tertiary/aromatic N) is 3. The molecule has 2 fully saturated rings. The molecule has 2 atom stereocenters. The van der Waals surface area contributed by atoms with E-state index in [1.165, 1.54) is 0 Å². The van der Waals surface area contributed by atoms with Gasteiger partial charge in [0.2, 0.25) is 0 Å². The first-order valence-electron chi connectivity index (χ1n) is 10.1. The minimum atomic E-state index is -0.0868. The summed E-state index contributed by atoms with van der Waals surface area (Å²) in [7, 11) is 0. The lowest BCUT2D eigenvalue weighted by atomic mass is 10.2. The molecule has 2 aromatic rings. The van der Waals surface area contributed by atoms with Crippen LogP contribution in [-0.4, -0.2) is 67.0 Å². The Hall–Kier alpha value is -2.71. The number of pyridine rings is 2. The fourth-order valence-electron chi connectivity index (χ4n) is 3.59. The Balaban J connectivity index is 1.31. The summed E-state index contributed by atoms with van der Waals surface area (Å²) < 4.78 is 12.3. The molecule has 0 aliphatic carbocycles. The van der Waals surface area contributed by atoms with Crippen LogP contribution in [0.25, 0.3) is 0 Å². The van der Waals surface area contributed by atoms with E-state index in [1.807, 2.05) is 31.2 Å². The highest BCUT2D eigenvalue weighted by Gasteiger charge is 2.38. The summed E-state index contributed by atoms with van der Waals surface area (Å²) in [5.74, 6) is 0.749. The maximum atomic E-state index is 12.0. The Morgan fingerprint density at radius 2 is 1.97 bits per heavy atom. The molecule has 4 heterocycles. The molecule has 2 aromatic heterocycles. The standard InChI is InChI=1S/C21H27N5O3/c1-2-7-23-21(27)15-5-6-20(24-9-15)26-11-18-19(12-26)29-14-17(13-28-18)25-16-4-3-8-22-10-16/h3-6,8-10,17-19,25H,2,7,11-14H2,1H3,(H,23,27)/t18-,19-/m0/s1. The molecule has 29 heavy (non-hydrogen) atoms. The second-order valence-corrected chi connectivity index (χ2v) is 7.39. The van der Waals surface area contributed by atoms with Crippen LogP contribution >= 0.6 is 0 Å². The van der Waals surface area contributed by atoms with Gasteiger partial charge in [0.15, 0.2) is 0 Å². The zero-order valence-corrected chi connectivity index (χ0v) is 16.6. The number of hydrogen-bond donors (Lipinski definition) is 2. The number of nitrogens with one attached hydrogen (secondary N) is 2. The van der Waals surface area contributed by atoms with E-state index in [0.717, 1.165) is 31.0 Å². The van der Waals surface area contributed by atoms with Crippen molar-refractivity contribution >= 4 is 17.4 Å². The van der Waals surface area contributed by atoms with Crippen molar-refractivity contribution in [2.45, 2.75) is 31.6 Å². The normalized spacial score (nSPS) is 22.0. The van der Waals surface area contributed by atoms with Gasteiger partial charge >= 0.3 is 0 Å². The minimum Gasteiger partial charge on any atom is -0.376 e. The second kappa shape index (κ2) is 9.19. The minimum absolute atomic E-state index is 0.00466. The van der Waals surface area contributed by atoms with Crippen LogP contribution < -0.4 is 15.5 Å². The SMILES string of the molecule is CCCNC(=O)c1ccc(N2C[C@@H]3OCC(Nc4cccnc4)CO[C@H]3C2)nc1. The number of ether oxygens (including phenoxy) is 2. The van der Waals surface area contributed by atoms with Crippen LogP contribution in [-0.2, 0) is 9.47 Å². The van der Waals surface area contributed by atoms with E-state index in [9.17, 15) is 4.79 Å². The molecule has 0 saturated carbocycles. The molecule has 0 radical (unpaired) electrons. The molecule has 2 aliphatic rings. The van der Waals surface area contributed by atoms with Gasteiger partial charge in [0.25, 0.3) is 5.91 Å². The summed E-state index contributed by atoms with van der Waals surface area (Å²) >= 11 is 0. The zero-order chi connectivity index (χ0) is 20.1. The van der Waals surface area contributed by atoms with Crippen molar-refractivity contribution in [1.82, 2.24) is 15.3 Å². The van der Waals surface area contributed by atoms with Crippen LogP contribution in [0.4, 0.5) is 11.5 Å². The van der Waals surface area contributed by atoms with Gasteiger partial charge < -0.3 is 25.0 Å². The van der Waals surface area contributed by atoms with Gasteiger partial charge in [-0.3, -0.25) is 9.78 Å². The van der Waals surface area contributed by atoms with Crippen molar-refractivity contribution in [3.05, 3.63) is 48.4 Å². The molecule has 0 spiro atoms. The number of anilines is 2. The van der Waals surface area contributed by atoms with Crippen LogP contribution in [0.1, 0.15) is 23.7 Å². The molecule has 0 unspecified atom stereocenters. The average Bonchev–Trinajstić information content (AvgIpc) is 3.09. The predicted octanol–water partition coefficient (Wildman–Crippen LogP) is 1.70. The van der Waals surface area contributed by atoms with Crippen molar-refractivity contribution in [2.75, 3.05) is 43.1 Å². The first kappa shape index (κ1) is 19.6. The highest BCUT2D eigenvalue weighted by Crippen LogP contribution is 2.25. The number of carbonyl (C=O) groups is 1. The second-order valence-electron chi connectivity index (χ2n) is 7.39. The molecule has 0 bridgehead atoms. The molecule has 8 heteroatoms. The molecule has 2 aliphatic heterocycles. The van der Waals surface area contributed by atoms with E-state index in [-0.39, 0.29) is 24.2 Å². The summed E-state index contributed by atoms with van der Waals surface area (Å²) in [4.78, 5) is 22.8. The van der Waals surface area contributed by atoms with Crippen molar-refractivity contribution in [1.29, 1.82) is 0 Å². The number of fused-ring (bicyclic) bond motifs is 1. The van der Waals surface area contributed by atoms with E-state index >= 15 is 0 Å². The van der Waals surface area contributed by atoms with Crippen molar-refractivity contribution in [2.24, 2.45) is 0 Å². The van der Waals surface area contributed by atoms with E-state index in [1.54, 1.807) is 18.6 Å². The van der Waals surface area contributed by atoms with Gasteiger partial charge in [-0.2, -0.15) is 0 Å². The topological polar surface area (TPSA) is 88.6 Å². The Labute approximate surface area is 170 Å². The summed E-state index contributed by atoms with van der Waals surface area (Å²) in [5.41, 5.74) is 1.54. The lowest BCUT2D eigenvalue weighted by Gasteiger charge is -2.20. The third-order valence-electron chi connectivity index (χ3n) is 5.14. The summed E-state index contributed by atoms with van der Waals surface area (Å²) in [5, 5.41) is 6.27. The quantitative estimate of drug-likeness (QED) is 0.767. The predicted molar refractivity (Wildman–Crippen MR) is 110 cm³/mol. The van der Waals surface area contributed by atoms with Gasteiger partial charge in [-0.25, -0.2) is 4.98 Å². The lowest BCUT2D eigenvalue weighted by molar-refractivity contribution is -0.00461. The molecular formula is C21H27N5O3. The largest absolute Gasteiger partial charge is 0.376 e. The molecule has 154 valence electrons. The van der Waals surface area contributed by atoms with Crippen LogP contribution in [0, 0.1) is 0 Å². The summed E-state index contributed by atoms with van der Waals surface area (Å²) in [6.45, 7) is 5.29. The smallest absolute Gasteiger partial charge is 0.252 e. The number of aromatic nitrogens is 2. The molecular weight excluding hydrogens is 370 g/mol.